The van der Waals surface area contributed by atoms with E-state index in [4.69, 9.17) is 23.2 Å². The Bertz CT molecular complexity index is 485. The zero-order chi connectivity index (χ0) is 14.4. The van der Waals surface area contributed by atoms with Crippen molar-refractivity contribution in [2.45, 2.75) is 53.4 Å². The number of halogens is 2. The van der Waals surface area contributed by atoms with Crippen LogP contribution in [0.15, 0.2) is 36.0 Å². The van der Waals surface area contributed by atoms with Crippen molar-refractivity contribution in [3.05, 3.63) is 36.0 Å². The van der Waals surface area contributed by atoms with Crippen LogP contribution in [0.4, 0.5) is 0 Å². The molecular formula is C18H22Cl2S. The molecule has 0 nitrogen and oxygen atoms in total. The Kier molecular flexibility index (Phi) is 4.19. The monoisotopic (exact) mass is 340 g/mol. The van der Waals surface area contributed by atoms with Crippen LogP contribution in [0.1, 0.15) is 32.1 Å². The van der Waals surface area contributed by atoms with E-state index in [1.807, 2.05) is 0 Å². The van der Waals surface area contributed by atoms with Crippen LogP contribution in [0, 0.1) is 17.8 Å². The number of fused-ring (bicyclic) bond motifs is 3. The summed E-state index contributed by atoms with van der Waals surface area (Å²) in [5.74, 6) is 2.19. The molecule has 0 amide bonds. The van der Waals surface area contributed by atoms with Gasteiger partial charge in [0.2, 0.25) is 0 Å². The largest absolute Gasteiger partial charge is 0.146 e. The lowest BCUT2D eigenvalue weighted by Crippen LogP contribution is -2.32. The SMILES string of the molecule is ClC1CC(Cl)CC(C2=CCCC3C2SC2C=CC=CC23)C1. The summed E-state index contributed by atoms with van der Waals surface area (Å²) in [6.07, 6.45) is 17.7. The molecule has 0 bridgehead atoms. The molecule has 1 aliphatic heterocycles. The molecule has 2 fully saturated rings. The third kappa shape index (κ3) is 2.75. The van der Waals surface area contributed by atoms with Crippen LogP contribution in [-0.4, -0.2) is 21.3 Å². The van der Waals surface area contributed by atoms with Crippen LogP contribution in [0.2, 0.25) is 0 Å². The van der Waals surface area contributed by atoms with Crippen molar-refractivity contribution in [3.8, 4) is 0 Å². The van der Waals surface area contributed by atoms with Crippen LogP contribution in [0.3, 0.4) is 0 Å². The van der Waals surface area contributed by atoms with Crippen LogP contribution in [0.25, 0.3) is 0 Å². The highest BCUT2D eigenvalue weighted by molar-refractivity contribution is 8.01. The Hall–Kier alpha value is 0.150. The molecule has 1 heterocycles. The van der Waals surface area contributed by atoms with Gasteiger partial charge in [0.15, 0.2) is 0 Å². The van der Waals surface area contributed by atoms with Crippen molar-refractivity contribution in [2.24, 2.45) is 17.8 Å². The fraction of sp³-hybridized carbons (Fsp3) is 0.667. The predicted octanol–water partition coefficient (Wildman–Crippen LogP) is 5.56. The first kappa shape index (κ1) is 14.7. The first-order valence-corrected chi connectivity index (χ1v) is 10.0. The van der Waals surface area contributed by atoms with Crippen molar-refractivity contribution in [1.29, 1.82) is 0 Å². The highest BCUT2D eigenvalue weighted by atomic mass is 35.5. The molecule has 0 spiro atoms. The van der Waals surface area contributed by atoms with Gasteiger partial charge in [-0.1, -0.05) is 36.0 Å². The van der Waals surface area contributed by atoms with Crippen molar-refractivity contribution < 1.29 is 0 Å². The quantitative estimate of drug-likeness (QED) is 0.444. The van der Waals surface area contributed by atoms with Crippen molar-refractivity contribution in [2.75, 3.05) is 0 Å². The molecule has 0 N–H and O–H groups in total. The van der Waals surface area contributed by atoms with Crippen LogP contribution >= 0.6 is 35.0 Å². The molecule has 0 aromatic rings. The number of hydrogen-bond acceptors (Lipinski definition) is 1. The van der Waals surface area contributed by atoms with Gasteiger partial charge >= 0.3 is 0 Å². The van der Waals surface area contributed by atoms with E-state index in [1.165, 1.54) is 12.8 Å². The summed E-state index contributed by atoms with van der Waals surface area (Å²) in [5.41, 5.74) is 1.68. The van der Waals surface area contributed by atoms with Gasteiger partial charge in [-0.05, 0) is 49.9 Å². The second-order valence-electron chi connectivity index (χ2n) is 6.91. The van der Waals surface area contributed by atoms with Crippen molar-refractivity contribution in [3.63, 3.8) is 0 Å². The van der Waals surface area contributed by atoms with Gasteiger partial charge < -0.3 is 0 Å². The first-order valence-electron chi connectivity index (χ1n) is 8.21. The lowest BCUT2D eigenvalue weighted by Gasteiger charge is -2.37. The maximum Gasteiger partial charge on any atom is 0.0355 e. The number of rotatable bonds is 1. The summed E-state index contributed by atoms with van der Waals surface area (Å²) in [5, 5.41) is 1.92. The molecule has 4 rings (SSSR count). The Morgan fingerprint density at radius 3 is 2.57 bits per heavy atom. The summed E-state index contributed by atoms with van der Waals surface area (Å²) in [6, 6.07) is 0. The van der Waals surface area contributed by atoms with Gasteiger partial charge in [0, 0.05) is 21.3 Å². The van der Waals surface area contributed by atoms with Gasteiger partial charge in [-0.15, -0.1) is 35.0 Å². The van der Waals surface area contributed by atoms with Crippen molar-refractivity contribution >= 4 is 35.0 Å². The van der Waals surface area contributed by atoms with Crippen LogP contribution < -0.4 is 0 Å². The minimum absolute atomic E-state index is 0.265. The summed E-state index contributed by atoms with van der Waals surface area (Å²) in [6.45, 7) is 0. The Morgan fingerprint density at radius 2 is 1.76 bits per heavy atom. The lowest BCUT2D eigenvalue weighted by molar-refractivity contribution is 0.346. The molecule has 21 heavy (non-hydrogen) atoms. The average Bonchev–Trinajstić information content (AvgIpc) is 2.84. The Balaban J connectivity index is 1.57. The van der Waals surface area contributed by atoms with E-state index in [2.05, 4.69) is 42.1 Å². The second-order valence-corrected chi connectivity index (χ2v) is 9.47. The number of alkyl halides is 2. The van der Waals surface area contributed by atoms with Crippen molar-refractivity contribution in [1.82, 2.24) is 0 Å². The van der Waals surface area contributed by atoms with Gasteiger partial charge in [0.1, 0.15) is 0 Å². The Morgan fingerprint density at radius 1 is 1.00 bits per heavy atom. The zero-order valence-corrected chi connectivity index (χ0v) is 14.5. The third-order valence-corrected chi connectivity index (χ3v) is 8.00. The van der Waals surface area contributed by atoms with E-state index >= 15 is 0 Å². The van der Waals surface area contributed by atoms with Crippen LogP contribution in [0.5, 0.6) is 0 Å². The molecule has 114 valence electrons. The third-order valence-electron chi connectivity index (χ3n) is 5.58. The van der Waals surface area contributed by atoms with E-state index in [9.17, 15) is 0 Å². The molecule has 3 aliphatic carbocycles. The molecule has 3 heteroatoms. The predicted molar refractivity (Wildman–Crippen MR) is 94.4 cm³/mol. The standard InChI is InChI=1S/C18H22Cl2S/c19-12-8-11(9-13(20)10-12)14-5-3-6-16-15-4-1-2-7-17(15)21-18(14)16/h1-2,4-5,7,11-13,15-18H,3,6,8-10H2. The van der Waals surface area contributed by atoms with Gasteiger partial charge in [-0.25, -0.2) is 0 Å². The number of hydrogen-bond donors (Lipinski definition) is 0. The molecule has 6 atom stereocenters. The van der Waals surface area contributed by atoms with Gasteiger partial charge in [0.25, 0.3) is 0 Å². The zero-order valence-electron chi connectivity index (χ0n) is 12.1. The maximum atomic E-state index is 6.45. The molecule has 0 aromatic heterocycles. The van der Waals surface area contributed by atoms with Gasteiger partial charge in [0.05, 0.1) is 0 Å². The van der Waals surface area contributed by atoms with E-state index in [-0.39, 0.29) is 10.8 Å². The van der Waals surface area contributed by atoms with Gasteiger partial charge in [-0.3, -0.25) is 0 Å². The fourth-order valence-electron chi connectivity index (χ4n) is 4.68. The highest BCUT2D eigenvalue weighted by Crippen LogP contribution is 2.55. The van der Waals surface area contributed by atoms with E-state index in [0.29, 0.717) is 16.4 Å². The number of allylic oxidation sites excluding steroid dienone is 4. The normalized spacial score (nSPS) is 48.7. The van der Waals surface area contributed by atoms with E-state index in [1.54, 1.807) is 5.57 Å². The second kappa shape index (κ2) is 5.98. The molecule has 0 aromatic carbocycles. The number of thioether (sulfide) groups is 1. The molecule has 1 saturated heterocycles. The molecular weight excluding hydrogens is 319 g/mol. The molecule has 1 saturated carbocycles. The lowest BCUT2D eigenvalue weighted by atomic mass is 9.72. The molecule has 4 aliphatic rings. The summed E-state index contributed by atoms with van der Waals surface area (Å²) in [7, 11) is 0. The fourth-order valence-corrected chi connectivity index (χ4v) is 7.59. The van der Waals surface area contributed by atoms with E-state index in [0.717, 1.165) is 31.1 Å². The summed E-state index contributed by atoms with van der Waals surface area (Å²) < 4.78 is 0. The van der Waals surface area contributed by atoms with E-state index < -0.39 is 0 Å². The minimum Gasteiger partial charge on any atom is -0.146 e. The average molecular weight is 341 g/mol. The topological polar surface area (TPSA) is 0 Å². The maximum absolute atomic E-state index is 6.45. The summed E-state index contributed by atoms with van der Waals surface area (Å²) >= 11 is 15.1. The highest BCUT2D eigenvalue weighted by Gasteiger charge is 2.46. The van der Waals surface area contributed by atoms with Gasteiger partial charge in [-0.2, -0.15) is 0 Å². The van der Waals surface area contributed by atoms with Crippen LogP contribution in [-0.2, 0) is 0 Å². The molecule has 0 radical (unpaired) electrons. The minimum atomic E-state index is 0.265. The first-order chi connectivity index (χ1) is 10.2. The smallest absolute Gasteiger partial charge is 0.0355 e. The summed E-state index contributed by atoms with van der Waals surface area (Å²) in [4.78, 5) is 0. The Labute approximate surface area is 142 Å². The molecule has 6 unspecified atom stereocenters.